The fourth-order valence-electron chi connectivity index (χ4n) is 0.842. The summed E-state index contributed by atoms with van der Waals surface area (Å²) in [5, 5.41) is 17.9. The summed E-state index contributed by atoms with van der Waals surface area (Å²) >= 11 is 0. The molecule has 2 N–H and O–H groups in total. The minimum Gasteiger partial charge on any atom is -0.390 e. The first kappa shape index (κ1) is 7.48. The molecule has 0 aliphatic carbocycles. The topological polar surface area (TPSA) is 54.0 Å². The van der Waals surface area contributed by atoms with Crippen LogP contribution in [0.4, 0.5) is 0 Å². The van der Waals surface area contributed by atoms with Gasteiger partial charge < -0.3 is 14.9 Å². The molecule has 0 unspecified atom stereocenters. The molecule has 0 radical (unpaired) electrons. The molecule has 0 saturated carbocycles. The van der Waals surface area contributed by atoms with Gasteiger partial charge in [0.15, 0.2) is 0 Å². The monoisotopic (exact) mass is 143 g/mol. The molecule has 1 fully saturated rings. The molecule has 1 saturated heterocycles. The number of rotatable bonds is 0. The molecular formula is C6H9NO3. The second-order valence-electron chi connectivity index (χ2n) is 2.29. The molecule has 56 valence electrons. The lowest BCUT2D eigenvalue weighted by Crippen LogP contribution is -2.39. The maximum Gasteiger partial charge on any atom is 0.330 e. The van der Waals surface area contributed by atoms with E-state index in [4.69, 9.17) is 21.5 Å². The van der Waals surface area contributed by atoms with Crippen LogP contribution in [0.25, 0.3) is 4.85 Å². The summed E-state index contributed by atoms with van der Waals surface area (Å²) in [4.78, 5) is 3.09. The minimum absolute atomic E-state index is 0.0637. The van der Waals surface area contributed by atoms with Crippen LogP contribution >= 0.6 is 0 Å². The van der Waals surface area contributed by atoms with Gasteiger partial charge in [-0.2, -0.15) is 0 Å². The van der Waals surface area contributed by atoms with E-state index in [0.29, 0.717) is 0 Å². The van der Waals surface area contributed by atoms with Crippen molar-refractivity contribution < 1.29 is 14.9 Å². The predicted octanol–water partition coefficient (Wildman–Crippen LogP) is -0.626. The van der Waals surface area contributed by atoms with Crippen molar-refractivity contribution in [2.45, 2.75) is 24.9 Å². The van der Waals surface area contributed by atoms with E-state index in [1.165, 1.54) is 0 Å². The molecule has 0 aromatic rings. The molecule has 0 aromatic carbocycles. The third-order valence-corrected chi connectivity index (χ3v) is 1.49. The van der Waals surface area contributed by atoms with Gasteiger partial charge in [-0.3, -0.25) is 4.85 Å². The first-order valence-electron chi connectivity index (χ1n) is 3.08. The van der Waals surface area contributed by atoms with E-state index in [9.17, 15) is 0 Å². The Morgan fingerprint density at radius 1 is 1.40 bits per heavy atom. The summed E-state index contributed by atoms with van der Waals surface area (Å²) in [7, 11) is 0. The van der Waals surface area contributed by atoms with Gasteiger partial charge in [-0.1, -0.05) is 0 Å². The van der Waals surface area contributed by atoms with Crippen molar-refractivity contribution in [2.75, 3.05) is 6.61 Å². The molecule has 0 bridgehead atoms. The molecule has 1 rings (SSSR count). The fourth-order valence-corrected chi connectivity index (χ4v) is 0.842. The smallest absolute Gasteiger partial charge is 0.330 e. The predicted molar refractivity (Wildman–Crippen MR) is 33.0 cm³/mol. The van der Waals surface area contributed by atoms with Crippen LogP contribution in [-0.4, -0.2) is 35.3 Å². The van der Waals surface area contributed by atoms with Crippen LogP contribution < -0.4 is 0 Å². The Bertz CT molecular complexity index is 154. The zero-order valence-electron chi connectivity index (χ0n) is 5.40. The molecule has 4 heteroatoms. The molecule has 4 nitrogen and oxygen atoms in total. The van der Waals surface area contributed by atoms with Gasteiger partial charge in [0.1, 0.15) is 6.10 Å². The molecule has 0 spiro atoms. The largest absolute Gasteiger partial charge is 0.390 e. The molecule has 1 aliphatic heterocycles. The van der Waals surface area contributed by atoms with Gasteiger partial charge in [-0.05, 0) is 0 Å². The second kappa shape index (κ2) is 2.97. The standard InChI is InChI=1S/C6H9NO3/c1-7-6-2-4(8)5(9)3-10-6/h4-6,8-9H,2-3H2/t4-,5+,6+/m0/s1. The quantitative estimate of drug-likeness (QED) is 0.444. The molecule has 3 atom stereocenters. The Morgan fingerprint density at radius 3 is 2.60 bits per heavy atom. The molecular weight excluding hydrogens is 134 g/mol. The lowest BCUT2D eigenvalue weighted by molar-refractivity contribution is -0.107. The maximum atomic E-state index is 9.01. The van der Waals surface area contributed by atoms with Crippen molar-refractivity contribution in [3.63, 3.8) is 0 Å². The number of aliphatic hydroxyl groups excluding tert-OH is 2. The normalized spacial score (nSPS) is 40.7. The second-order valence-corrected chi connectivity index (χ2v) is 2.29. The summed E-state index contributed by atoms with van der Waals surface area (Å²) in [5.41, 5.74) is 0. The average Bonchev–Trinajstić information content (AvgIpc) is 1.95. The molecule has 0 amide bonds. The van der Waals surface area contributed by atoms with Gasteiger partial charge in [-0.15, -0.1) is 0 Å². The number of hydrogen-bond acceptors (Lipinski definition) is 3. The Morgan fingerprint density at radius 2 is 2.10 bits per heavy atom. The molecule has 1 aliphatic rings. The van der Waals surface area contributed by atoms with Crippen molar-refractivity contribution in [1.29, 1.82) is 0 Å². The van der Waals surface area contributed by atoms with Gasteiger partial charge in [0.25, 0.3) is 0 Å². The Hall–Kier alpha value is -0.630. The van der Waals surface area contributed by atoms with Crippen LogP contribution in [0, 0.1) is 6.57 Å². The molecule has 10 heavy (non-hydrogen) atoms. The average molecular weight is 143 g/mol. The summed E-state index contributed by atoms with van der Waals surface area (Å²) in [5.74, 6) is 0. The number of ether oxygens (including phenoxy) is 1. The fraction of sp³-hybridized carbons (Fsp3) is 0.833. The van der Waals surface area contributed by atoms with Crippen LogP contribution in [0.1, 0.15) is 6.42 Å². The maximum absolute atomic E-state index is 9.01. The van der Waals surface area contributed by atoms with Crippen molar-refractivity contribution >= 4 is 0 Å². The highest BCUT2D eigenvalue weighted by Gasteiger charge is 2.31. The summed E-state index contributed by atoms with van der Waals surface area (Å²) < 4.78 is 4.85. The first-order chi connectivity index (χ1) is 4.74. The molecule has 0 aromatic heterocycles. The SMILES string of the molecule is [C-]#[N+][C@H]1C[C@H](O)[C@H](O)CO1. The van der Waals surface area contributed by atoms with E-state index in [1.807, 2.05) is 0 Å². The van der Waals surface area contributed by atoms with E-state index < -0.39 is 18.4 Å². The lowest BCUT2D eigenvalue weighted by Gasteiger charge is -2.23. The number of nitrogens with zero attached hydrogens (tertiary/aromatic N) is 1. The van der Waals surface area contributed by atoms with E-state index >= 15 is 0 Å². The lowest BCUT2D eigenvalue weighted by atomic mass is 10.1. The van der Waals surface area contributed by atoms with Crippen LogP contribution in [-0.2, 0) is 4.74 Å². The van der Waals surface area contributed by atoms with Crippen LogP contribution in [0.2, 0.25) is 0 Å². The van der Waals surface area contributed by atoms with Crippen LogP contribution in [0.5, 0.6) is 0 Å². The Labute approximate surface area is 58.9 Å². The van der Waals surface area contributed by atoms with E-state index in [-0.39, 0.29) is 13.0 Å². The third-order valence-electron chi connectivity index (χ3n) is 1.49. The van der Waals surface area contributed by atoms with Crippen molar-refractivity contribution in [1.82, 2.24) is 0 Å². The zero-order valence-corrected chi connectivity index (χ0v) is 5.40. The number of aliphatic hydroxyl groups is 2. The Kier molecular flexibility index (Phi) is 2.22. The summed E-state index contributed by atoms with van der Waals surface area (Å²) in [6.45, 7) is 6.62. The van der Waals surface area contributed by atoms with Crippen LogP contribution in [0.3, 0.4) is 0 Å². The van der Waals surface area contributed by atoms with Crippen molar-refractivity contribution in [3.8, 4) is 0 Å². The highest BCUT2D eigenvalue weighted by Crippen LogP contribution is 2.14. The van der Waals surface area contributed by atoms with Crippen molar-refractivity contribution in [3.05, 3.63) is 11.4 Å². The van der Waals surface area contributed by atoms with E-state index in [0.717, 1.165) is 0 Å². The van der Waals surface area contributed by atoms with Gasteiger partial charge in [0, 0.05) is 0 Å². The minimum atomic E-state index is -0.821. The van der Waals surface area contributed by atoms with Crippen molar-refractivity contribution in [2.24, 2.45) is 0 Å². The van der Waals surface area contributed by atoms with Gasteiger partial charge >= 0.3 is 6.23 Å². The van der Waals surface area contributed by atoms with Crippen LogP contribution in [0.15, 0.2) is 0 Å². The first-order valence-corrected chi connectivity index (χ1v) is 3.08. The van der Waals surface area contributed by atoms with Gasteiger partial charge in [-0.25, -0.2) is 6.57 Å². The number of hydrogen-bond donors (Lipinski definition) is 2. The molecule has 1 heterocycles. The highest BCUT2D eigenvalue weighted by atomic mass is 16.5. The van der Waals surface area contributed by atoms with Gasteiger partial charge in [0.05, 0.1) is 19.1 Å². The van der Waals surface area contributed by atoms with Gasteiger partial charge in [0.2, 0.25) is 0 Å². The Balaban J connectivity index is 2.42. The summed E-state index contributed by atoms with van der Waals surface area (Å²) in [6.07, 6.45) is -1.98. The van der Waals surface area contributed by atoms with E-state index in [1.54, 1.807) is 0 Å². The zero-order chi connectivity index (χ0) is 7.56. The summed E-state index contributed by atoms with van der Waals surface area (Å²) in [6, 6.07) is 0. The highest BCUT2D eigenvalue weighted by molar-refractivity contribution is 4.81. The third kappa shape index (κ3) is 1.45. The van der Waals surface area contributed by atoms with E-state index in [2.05, 4.69) is 4.85 Å².